The highest BCUT2D eigenvalue weighted by atomic mass is 19.1. The van der Waals surface area contributed by atoms with Crippen molar-refractivity contribution in [1.82, 2.24) is 0 Å². The summed E-state index contributed by atoms with van der Waals surface area (Å²) in [5, 5.41) is 0. The van der Waals surface area contributed by atoms with Gasteiger partial charge in [0.2, 0.25) is 0 Å². The van der Waals surface area contributed by atoms with Crippen molar-refractivity contribution in [3.63, 3.8) is 0 Å². The summed E-state index contributed by atoms with van der Waals surface area (Å²) in [5.41, 5.74) is 3.45. The zero-order valence-electron chi connectivity index (χ0n) is 8.81. The second kappa shape index (κ2) is 3.90. The van der Waals surface area contributed by atoms with Crippen LogP contribution < -0.4 is 0 Å². The summed E-state index contributed by atoms with van der Waals surface area (Å²) >= 11 is 0. The topological polar surface area (TPSA) is 0 Å². The van der Waals surface area contributed by atoms with Crippen LogP contribution in [0.15, 0.2) is 17.7 Å². The van der Waals surface area contributed by atoms with Gasteiger partial charge in [-0.05, 0) is 24.5 Å². The maximum atomic E-state index is 13.8. The number of halogens is 1. The largest absolute Gasteiger partial charge is 0.205 e. The summed E-state index contributed by atoms with van der Waals surface area (Å²) in [6.07, 6.45) is 10.2. The van der Waals surface area contributed by atoms with Gasteiger partial charge in [0.1, 0.15) is 5.82 Å². The number of rotatable bonds is 2. The molecule has 0 amide bonds. The van der Waals surface area contributed by atoms with Gasteiger partial charge in [0.05, 0.1) is 5.56 Å². The number of hydrogen-bond donors (Lipinski definition) is 0. The zero-order chi connectivity index (χ0) is 10.8. The van der Waals surface area contributed by atoms with Crippen molar-refractivity contribution in [1.29, 1.82) is 0 Å². The maximum absolute atomic E-state index is 13.8. The Bertz CT molecular complexity index is 461. The zero-order valence-corrected chi connectivity index (χ0v) is 8.81. The molecular formula is C14H13F. The first-order chi connectivity index (χ1) is 7.26. The molecule has 1 aromatic rings. The van der Waals surface area contributed by atoms with Crippen molar-refractivity contribution in [3.05, 3.63) is 40.2 Å². The summed E-state index contributed by atoms with van der Waals surface area (Å²) < 4.78 is 13.8. The van der Waals surface area contributed by atoms with Crippen molar-refractivity contribution >= 4 is 6.08 Å². The van der Waals surface area contributed by atoms with Gasteiger partial charge in [0.25, 0.3) is 0 Å². The lowest BCUT2D eigenvalue weighted by atomic mass is 10.0. The van der Waals surface area contributed by atoms with Gasteiger partial charge in [-0.3, -0.25) is 0 Å². The van der Waals surface area contributed by atoms with E-state index in [4.69, 9.17) is 6.42 Å². The molecule has 0 saturated carbocycles. The molecule has 0 N–H and O–H groups in total. The first kappa shape index (κ1) is 9.98. The molecule has 1 aromatic carbocycles. The smallest absolute Gasteiger partial charge is 0.142 e. The second-order valence-electron chi connectivity index (χ2n) is 3.87. The summed E-state index contributed by atoms with van der Waals surface area (Å²) in [6.45, 7) is 2.13. The summed E-state index contributed by atoms with van der Waals surface area (Å²) in [5.74, 6) is 2.16. The van der Waals surface area contributed by atoms with E-state index < -0.39 is 0 Å². The molecule has 0 atom stereocenters. The van der Waals surface area contributed by atoms with Crippen LogP contribution in [-0.2, 0) is 6.42 Å². The fraction of sp³-hybridized carbons (Fsp3) is 0.286. The molecule has 0 spiro atoms. The van der Waals surface area contributed by atoms with Crippen molar-refractivity contribution in [2.75, 3.05) is 0 Å². The van der Waals surface area contributed by atoms with Gasteiger partial charge in [-0.25, -0.2) is 4.39 Å². The fourth-order valence-corrected chi connectivity index (χ4v) is 2.04. The number of hydrogen-bond acceptors (Lipinski definition) is 0. The van der Waals surface area contributed by atoms with Crippen LogP contribution in [0.1, 0.15) is 36.5 Å². The number of benzene rings is 1. The van der Waals surface area contributed by atoms with Crippen LogP contribution in [0.5, 0.6) is 0 Å². The van der Waals surface area contributed by atoms with Gasteiger partial charge in [-0.2, -0.15) is 0 Å². The minimum Gasteiger partial charge on any atom is -0.205 e. The maximum Gasteiger partial charge on any atom is 0.142 e. The second-order valence-corrected chi connectivity index (χ2v) is 3.87. The highest BCUT2D eigenvalue weighted by Crippen LogP contribution is 2.30. The predicted octanol–water partition coefficient (Wildman–Crippen LogP) is 3.55. The van der Waals surface area contributed by atoms with Crippen molar-refractivity contribution in [3.8, 4) is 12.3 Å². The van der Waals surface area contributed by atoms with Gasteiger partial charge in [0, 0.05) is 5.56 Å². The monoisotopic (exact) mass is 200 g/mol. The summed E-state index contributed by atoms with van der Waals surface area (Å²) in [7, 11) is 0. The molecule has 0 aromatic heterocycles. The Morgan fingerprint density at radius 1 is 1.47 bits per heavy atom. The minimum absolute atomic E-state index is 0.211. The Morgan fingerprint density at radius 2 is 2.27 bits per heavy atom. The molecular weight excluding hydrogens is 187 g/mol. The van der Waals surface area contributed by atoms with E-state index in [2.05, 4.69) is 18.9 Å². The van der Waals surface area contributed by atoms with Gasteiger partial charge in [-0.15, -0.1) is 6.42 Å². The summed E-state index contributed by atoms with van der Waals surface area (Å²) in [6, 6.07) is 3.59. The highest BCUT2D eigenvalue weighted by molar-refractivity contribution is 5.65. The van der Waals surface area contributed by atoms with Crippen LogP contribution in [0.4, 0.5) is 4.39 Å². The molecule has 0 unspecified atom stereocenters. The van der Waals surface area contributed by atoms with E-state index in [0.29, 0.717) is 5.56 Å². The van der Waals surface area contributed by atoms with E-state index in [1.54, 1.807) is 6.07 Å². The van der Waals surface area contributed by atoms with Crippen LogP contribution in [-0.4, -0.2) is 0 Å². The number of allylic oxidation sites excluding steroid dienone is 1. The van der Waals surface area contributed by atoms with Crippen LogP contribution in [0.2, 0.25) is 0 Å². The van der Waals surface area contributed by atoms with Crippen LogP contribution in [0.3, 0.4) is 0 Å². The van der Waals surface area contributed by atoms with E-state index in [1.807, 2.05) is 6.07 Å². The van der Waals surface area contributed by atoms with Gasteiger partial charge in [-0.1, -0.05) is 37.0 Å². The molecule has 1 heteroatoms. The average molecular weight is 200 g/mol. The van der Waals surface area contributed by atoms with Crippen LogP contribution >= 0.6 is 0 Å². The molecule has 0 aliphatic heterocycles. The Balaban J connectivity index is 2.38. The Labute approximate surface area is 89.8 Å². The SMILES string of the molecule is C#Cc1ccc2c(c1F)CC(CCC)=C2. The molecule has 0 nitrogen and oxygen atoms in total. The molecule has 1 aliphatic carbocycles. The minimum atomic E-state index is -0.211. The number of terminal acetylenes is 1. The lowest BCUT2D eigenvalue weighted by Gasteiger charge is -2.03. The Kier molecular flexibility index (Phi) is 2.60. The van der Waals surface area contributed by atoms with E-state index >= 15 is 0 Å². The molecule has 2 rings (SSSR count). The molecule has 1 aliphatic rings. The van der Waals surface area contributed by atoms with E-state index in [0.717, 1.165) is 30.4 Å². The van der Waals surface area contributed by atoms with Crippen molar-refractivity contribution in [2.45, 2.75) is 26.2 Å². The van der Waals surface area contributed by atoms with Crippen LogP contribution in [0, 0.1) is 18.2 Å². The molecule has 76 valence electrons. The van der Waals surface area contributed by atoms with E-state index in [9.17, 15) is 4.39 Å². The van der Waals surface area contributed by atoms with E-state index in [-0.39, 0.29) is 5.82 Å². The quantitative estimate of drug-likeness (QED) is 0.640. The fourth-order valence-electron chi connectivity index (χ4n) is 2.04. The van der Waals surface area contributed by atoms with Crippen molar-refractivity contribution in [2.24, 2.45) is 0 Å². The molecule has 0 bridgehead atoms. The third kappa shape index (κ3) is 1.68. The van der Waals surface area contributed by atoms with E-state index in [1.165, 1.54) is 5.57 Å². The molecule has 15 heavy (non-hydrogen) atoms. The third-order valence-electron chi connectivity index (χ3n) is 2.77. The van der Waals surface area contributed by atoms with Gasteiger partial charge in [0.15, 0.2) is 0 Å². The normalized spacial score (nSPS) is 13.3. The first-order valence-corrected chi connectivity index (χ1v) is 5.23. The average Bonchev–Trinajstić information content (AvgIpc) is 2.63. The lowest BCUT2D eigenvalue weighted by Crippen LogP contribution is -1.94. The predicted molar refractivity (Wildman–Crippen MR) is 60.9 cm³/mol. The third-order valence-corrected chi connectivity index (χ3v) is 2.77. The standard InChI is InChI=1S/C14H13F/c1-3-5-10-8-12-7-6-11(4-2)14(15)13(12)9-10/h2,6-8H,3,5,9H2,1H3. The summed E-state index contributed by atoms with van der Waals surface area (Å²) in [4.78, 5) is 0. The Hall–Kier alpha value is -1.55. The van der Waals surface area contributed by atoms with Crippen molar-refractivity contribution < 1.29 is 4.39 Å². The Morgan fingerprint density at radius 3 is 2.93 bits per heavy atom. The molecule has 0 heterocycles. The molecule has 0 fully saturated rings. The molecule has 0 saturated heterocycles. The lowest BCUT2D eigenvalue weighted by molar-refractivity contribution is 0.610. The highest BCUT2D eigenvalue weighted by Gasteiger charge is 2.17. The first-order valence-electron chi connectivity index (χ1n) is 5.23. The molecule has 0 radical (unpaired) electrons. The van der Waals surface area contributed by atoms with Gasteiger partial charge < -0.3 is 0 Å². The number of fused-ring (bicyclic) bond motifs is 1. The van der Waals surface area contributed by atoms with Gasteiger partial charge >= 0.3 is 0 Å². The van der Waals surface area contributed by atoms with Crippen LogP contribution in [0.25, 0.3) is 6.08 Å².